The van der Waals surface area contributed by atoms with Gasteiger partial charge in [0.15, 0.2) is 0 Å². The van der Waals surface area contributed by atoms with E-state index in [9.17, 15) is 4.79 Å². The van der Waals surface area contributed by atoms with E-state index in [0.717, 1.165) is 4.47 Å². The number of halogens is 1. The van der Waals surface area contributed by atoms with Crippen LogP contribution in [0.3, 0.4) is 0 Å². The minimum absolute atomic E-state index is 0.406. The van der Waals surface area contributed by atoms with E-state index < -0.39 is 6.09 Å². The van der Waals surface area contributed by atoms with Crippen molar-refractivity contribution in [3.05, 3.63) is 28.2 Å². The molecule has 0 aliphatic heterocycles. The van der Waals surface area contributed by atoms with Gasteiger partial charge >= 0.3 is 6.09 Å². The summed E-state index contributed by atoms with van der Waals surface area (Å²) in [6.45, 7) is 0. The minimum Gasteiger partial charge on any atom is -0.410 e. The highest BCUT2D eigenvalue weighted by Gasteiger charge is 2.07. The average Bonchev–Trinajstić information content (AvgIpc) is 2.29. The maximum Gasteiger partial charge on any atom is 0.412 e. The van der Waals surface area contributed by atoms with Gasteiger partial charge < -0.3 is 14.9 Å². The first-order valence-electron chi connectivity index (χ1n) is 4.43. The van der Waals surface area contributed by atoms with Crippen molar-refractivity contribution in [3.63, 3.8) is 0 Å². The van der Waals surface area contributed by atoms with Gasteiger partial charge in [-0.15, -0.1) is 0 Å². The van der Waals surface area contributed by atoms with Crippen LogP contribution in [-0.4, -0.2) is 26.5 Å². The lowest BCUT2D eigenvalue weighted by Gasteiger charge is -2.06. The summed E-state index contributed by atoms with van der Waals surface area (Å²) in [5.74, 6) is 0.406. The highest BCUT2D eigenvalue weighted by atomic mass is 79.9. The standard InChI is InChI=1S/C10H11BrN2O3/c1-12-10(14)16-9-4-3-8(11)5-7(9)6-13-15-2/h3-6H,1-2H3,(H,12,14)/b13-6+. The molecule has 86 valence electrons. The van der Waals surface area contributed by atoms with E-state index in [-0.39, 0.29) is 0 Å². The van der Waals surface area contributed by atoms with Crippen molar-refractivity contribution in [3.8, 4) is 5.75 Å². The van der Waals surface area contributed by atoms with Crippen LogP contribution < -0.4 is 10.1 Å². The van der Waals surface area contributed by atoms with Gasteiger partial charge in [-0.3, -0.25) is 0 Å². The van der Waals surface area contributed by atoms with Crippen LogP contribution in [0.1, 0.15) is 5.56 Å². The molecule has 0 aromatic heterocycles. The number of nitrogens with one attached hydrogen (secondary N) is 1. The molecule has 0 heterocycles. The molecule has 1 N–H and O–H groups in total. The molecule has 0 atom stereocenters. The fourth-order valence-electron chi connectivity index (χ4n) is 0.974. The molecular formula is C10H11BrN2O3. The van der Waals surface area contributed by atoms with Crippen molar-refractivity contribution in [1.29, 1.82) is 0 Å². The summed E-state index contributed by atoms with van der Waals surface area (Å²) in [5, 5.41) is 5.98. The smallest absolute Gasteiger partial charge is 0.410 e. The van der Waals surface area contributed by atoms with Crippen LogP contribution in [0.2, 0.25) is 0 Å². The molecule has 1 aromatic rings. The monoisotopic (exact) mass is 286 g/mol. The van der Waals surface area contributed by atoms with Crippen molar-refractivity contribution < 1.29 is 14.4 Å². The number of hydrogen-bond donors (Lipinski definition) is 1. The predicted octanol–water partition coefficient (Wildman–Crippen LogP) is 2.15. The molecule has 5 nitrogen and oxygen atoms in total. The van der Waals surface area contributed by atoms with Gasteiger partial charge in [-0.1, -0.05) is 21.1 Å². The quantitative estimate of drug-likeness (QED) is 0.684. The molecule has 0 saturated carbocycles. The van der Waals surface area contributed by atoms with E-state index in [1.807, 2.05) is 0 Å². The predicted molar refractivity (Wildman–Crippen MR) is 63.8 cm³/mol. The van der Waals surface area contributed by atoms with Crippen molar-refractivity contribution >= 4 is 28.2 Å². The number of carbonyl (C=O) groups excluding carboxylic acids is 1. The Kier molecular flexibility index (Phi) is 4.78. The number of nitrogens with zero attached hydrogens (tertiary/aromatic N) is 1. The molecule has 1 aromatic carbocycles. The Bertz CT molecular complexity index is 407. The zero-order valence-corrected chi connectivity index (χ0v) is 10.4. The Labute approximate surface area is 102 Å². The van der Waals surface area contributed by atoms with Crippen LogP contribution in [0.15, 0.2) is 27.8 Å². The van der Waals surface area contributed by atoms with Crippen molar-refractivity contribution in [2.45, 2.75) is 0 Å². The molecule has 1 rings (SSSR count). The number of rotatable bonds is 3. The van der Waals surface area contributed by atoms with E-state index in [2.05, 4.69) is 31.2 Å². The molecule has 0 unspecified atom stereocenters. The maximum atomic E-state index is 11.1. The van der Waals surface area contributed by atoms with Gasteiger partial charge in [0.1, 0.15) is 12.9 Å². The second kappa shape index (κ2) is 6.12. The second-order valence-corrected chi connectivity index (χ2v) is 3.65. The van der Waals surface area contributed by atoms with Crippen LogP contribution in [0.4, 0.5) is 4.79 Å². The summed E-state index contributed by atoms with van der Waals surface area (Å²) < 4.78 is 5.88. The minimum atomic E-state index is -0.533. The van der Waals surface area contributed by atoms with Crippen LogP contribution in [0, 0.1) is 0 Å². The topological polar surface area (TPSA) is 59.9 Å². The molecule has 0 radical (unpaired) electrons. The van der Waals surface area contributed by atoms with Crippen LogP contribution >= 0.6 is 15.9 Å². The Morgan fingerprint density at radius 1 is 1.56 bits per heavy atom. The molecule has 0 aliphatic carbocycles. The molecule has 6 heteroatoms. The molecule has 0 spiro atoms. The van der Waals surface area contributed by atoms with Gasteiger partial charge in [0.25, 0.3) is 0 Å². The number of hydrogen-bond acceptors (Lipinski definition) is 4. The summed E-state index contributed by atoms with van der Waals surface area (Å²) in [7, 11) is 2.93. The third-order valence-corrected chi connectivity index (χ3v) is 2.17. The molecule has 0 bridgehead atoms. The van der Waals surface area contributed by atoms with Gasteiger partial charge in [0.2, 0.25) is 0 Å². The fourth-order valence-corrected chi connectivity index (χ4v) is 1.35. The summed E-state index contributed by atoms with van der Waals surface area (Å²) in [6.07, 6.45) is 0.928. The number of ether oxygens (including phenoxy) is 1. The van der Waals surface area contributed by atoms with E-state index in [4.69, 9.17) is 4.74 Å². The Balaban J connectivity index is 2.97. The van der Waals surface area contributed by atoms with Crippen LogP contribution in [-0.2, 0) is 4.84 Å². The summed E-state index contributed by atoms with van der Waals surface area (Å²) in [4.78, 5) is 15.6. The Morgan fingerprint density at radius 2 is 2.31 bits per heavy atom. The first-order chi connectivity index (χ1) is 7.67. The highest BCUT2D eigenvalue weighted by molar-refractivity contribution is 9.10. The number of benzene rings is 1. The first-order valence-corrected chi connectivity index (χ1v) is 5.22. The van der Waals surface area contributed by atoms with Gasteiger partial charge in [0, 0.05) is 17.1 Å². The van der Waals surface area contributed by atoms with Crippen molar-refractivity contribution in [2.24, 2.45) is 5.16 Å². The second-order valence-electron chi connectivity index (χ2n) is 2.74. The van der Waals surface area contributed by atoms with Gasteiger partial charge in [0.05, 0.1) is 6.21 Å². The largest absolute Gasteiger partial charge is 0.412 e. The zero-order valence-electron chi connectivity index (χ0n) is 8.86. The summed E-state index contributed by atoms with van der Waals surface area (Å²) >= 11 is 3.31. The first kappa shape index (κ1) is 12.5. The molecule has 0 aliphatic rings. The number of carbonyl (C=O) groups is 1. The van der Waals surface area contributed by atoms with Crippen LogP contribution in [0.25, 0.3) is 0 Å². The fraction of sp³-hybridized carbons (Fsp3) is 0.200. The van der Waals surface area contributed by atoms with Gasteiger partial charge in [-0.25, -0.2) is 4.79 Å². The lowest BCUT2D eigenvalue weighted by molar-refractivity contribution is 0.202. The maximum absolute atomic E-state index is 11.1. The average molecular weight is 287 g/mol. The molecule has 0 saturated heterocycles. The Hall–Kier alpha value is -1.56. The normalized spacial score (nSPS) is 10.2. The highest BCUT2D eigenvalue weighted by Crippen LogP contribution is 2.21. The van der Waals surface area contributed by atoms with E-state index in [0.29, 0.717) is 11.3 Å². The molecular weight excluding hydrogens is 276 g/mol. The van der Waals surface area contributed by atoms with Gasteiger partial charge in [-0.2, -0.15) is 0 Å². The summed E-state index contributed by atoms with van der Waals surface area (Å²) in [6, 6.07) is 5.19. The Morgan fingerprint density at radius 3 is 2.94 bits per heavy atom. The lowest BCUT2D eigenvalue weighted by Crippen LogP contribution is -2.22. The third-order valence-electron chi connectivity index (χ3n) is 1.68. The third kappa shape index (κ3) is 3.54. The lowest BCUT2D eigenvalue weighted by atomic mass is 10.2. The van der Waals surface area contributed by atoms with E-state index in [1.165, 1.54) is 20.4 Å². The van der Waals surface area contributed by atoms with Crippen molar-refractivity contribution in [1.82, 2.24) is 5.32 Å². The number of oxime groups is 1. The number of amides is 1. The summed E-state index contributed by atoms with van der Waals surface area (Å²) in [5.41, 5.74) is 0.639. The molecule has 16 heavy (non-hydrogen) atoms. The SMILES string of the molecule is CNC(=O)Oc1ccc(Br)cc1/C=N/OC. The van der Waals surface area contributed by atoms with Crippen LogP contribution in [0.5, 0.6) is 5.75 Å². The van der Waals surface area contributed by atoms with Crippen molar-refractivity contribution in [2.75, 3.05) is 14.2 Å². The van der Waals surface area contributed by atoms with E-state index in [1.54, 1.807) is 18.2 Å². The molecule has 1 amide bonds. The molecule has 0 fully saturated rings. The van der Waals surface area contributed by atoms with Gasteiger partial charge in [-0.05, 0) is 18.2 Å². The van der Waals surface area contributed by atoms with E-state index >= 15 is 0 Å². The zero-order chi connectivity index (χ0) is 12.0.